The molecule has 0 aliphatic rings. The second-order valence-corrected chi connectivity index (χ2v) is 5.45. The van der Waals surface area contributed by atoms with Crippen molar-refractivity contribution in [2.75, 3.05) is 12.4 Å². The lowest BCUT2D eigenvalue weighted by Crippen LogP contribution is -2.00. The van der Waals surface area contributed by atoms with Crippen molar-refractivity contribution in [2.45, 2.75) is 0 Å². The van der Waals surface area contributed by atoms with Crippen molar-refractivity contribution in [3.8, 4) is 11.3 Å². The van der Waals surface area contributed by atoms with Crippen LogP contribution < -0.4 is 5.32 Å². The summed E-state index contributed by atoms with van der Waals surface area (Å²) in [5, 5.41) is 3.83. The monoisotopic (exact) mass is 308 g/mol. The Balaban J connectivity index is 2.15. The van der Waals surface area contributed by atoms with E-state index in [1.54, 1.807) is 0 Å². The van der Waals surface area contributed by atoms with Crippen LogP contribution in [-0.4, -0.2) is 21.4 Å². The van der Waals surface area contributed by atoms with E-state index in [1.807, 2.05) is 61.8 Å². The molecule has 22 heavy (non-hydrogen) atoms. The molecule has 4 aromatic rings. The topological polar surface area (TPSA) is 42.2 Å². The fourth-order valence-electron chi connectivity index (χ4n) is 2.70. The Kier molecular flexibility index (Phi) is 2.98. The van der Waals surface area contributed by atoms with Crippen LogP contribution in [0.25, 0.3) is 27.9 Å². The largest absolute Gasteiger partial charge is 0.370 e. The second kappa shape index (κ2) is 5.00. The van der Waals surface area contributed by atoms with Crippen LogP contribution in [0.1, 0.15) is 0 Å². The van der Waals surface area contributed by atoms with E-state index in [-0.39, 0.29) is 0 Å². The lowest BCUT2D eigenvalue weighted by molar-refractivity contribution is 1.20. The van der Waals surface area contributed by atoms with Gasteiger partial charge < -0.3 is 5.32 Å². The summed E-state index contributed by atoms with van der Waals surface area (Å²) in [4.78, 5) is 9.17. The average Bonchev–Trinajstić information content (AvgIpc) is 2.99. The van der Waals surface area contributed by atoms with E-state index in [9.17, 15) is 0 Å². The number of para-hydroxylation sites is 2. The number of rotatable bonds is 2. The molecule has 1 N–H and O–H groups in total. The summed E-state index contributed by atoms with van der Waals surface area (Å²) in [5.74, 6) is 0.756. The van der Waals surface area contributed by atoms with Crippen LogP contribution in [0.15, 0.2) is 54.7 Å². The van der Waals surface area contributed by atoms with Crippen LogP contribution in [0.2, 0.25) is 5.02 Å². The molecule has 0 bridgehead atoms. The highest BCUT2D eigenvalue weighted by molar-refractivity contribution is 6.30. The van der Waals surface area contributed by atoms with Gasteiger partial charge in [-0.05, 0) is 24.3 Å². The minimum absolute atomic E-state index is 0.708. The van der Waals surface area contributed by atoms with Gasteiger partial charge in [-0.2, -0.15) is 0 Å². The fourth-order valence-corrected chi connectivity index (χ4v) is 2.89. The van der Waals surface area contributed by atoms with Gasteiger partial charge in [-0.15, -0.1) is 0 Å². The first kappa shape index (κ1) is 13.1. The molecule has 5 heteroatoms. The third-order valence-corrected chi connectivity index (χ3v) is 3.92. The smallest absolute Gasteiger partial charge is 0.181 e. The molecule has 2 heterocycles. The highest BCUT2D eigenvalue weighted by Crippen LogP contribution is 2.29. The number of imidazole rings is 1. The van der Waals surface area contributed by atoms with Gasteiger partial charge >= 0.3 is 0 Å². The molecule has 2 aromatic carbocycles. The quantitative estimate of drug-likeness (QED) is 0.602. The lowest BCUT2D eigenvalue weighted by Gasteiger charge is -2.09. The van der Waals surface area contributed by atoms with Crippen molar-refractivity contribution < 1.29 is 0 Å². The van der Waals surface area contributed by atoms with Crippen LogP contribution >= 0.6 is 11.6 Å². The van der Waals surface area contributed by atoms with Crippen LogP contribution in [0.5, 0.6) is 0 Å². The van der Waals surface area contributed by atoms with Gasteiger partial charge in [0.1, 0.15) is 0 Å². The predicted octanol–water partition coefficient (Wildman–Crippen LogP) is 4.24. The molecular formula is C17H13ClN4. The highest BCUT2D eigenvalue weighted by Gasteiger charge is 2.13. The van der Waals surface area contributed by atoms with E-state index in [1.165, 1.54) is 0 Å². The first-order chi connectivity index (χ1) is 10.8. The van der Waals surface area contributed by atoms with Gasteiger partial charge in [-0.1, -0.05) is 35.9 Å². The molecule has 2 aromatic heterocycles. The maximum Gasteiger partial charge on any atom is 0.181 e. The van der Waals surface area contributed by atoms with Crippen LogP contribution in [-0.2, 0) is 0 Å². The van der Waals surface area contributed by atoms with Crippen molar-refractivity contribution in [3.05, 3.63) is 59.8 Å². The summed E-state index contributed by atoms with van der Waals surface area (Å²) in [6, 6.07) is 15.8. The maximum absolute atomic E-state index is 6.14. The molecule has 0 spiro atoms. The number of benzene rings is 2. The van der Waals surface area contributed by atoms with Crippen molar-refractivity contribution in [2.24, 2.45) is 0 Å². The Morgan fingerprint density at radius 1 is 1.09 bits per heavy atom. The van der Waals surface area contributed by atoms with Gasteiger partial charge in [0.05, 0.1) is 22.9 Å². The lowest BCUT2D eigenvalue weighted by atomic mass is 10.1. The summed E-state index contributed by atoms with van der Waals surface area (Å²) in [5.41, 5.74) is 4.76. The van der Waals surface area contributed by atoms with E-state index in [0.29, 0.717) is 5.02 Å². The van der Waals surface area contributed by atoms with E-state index in [2.05, 4.69) is 19.7 Å². The first-order valence-electron chi connectivity index (χ1n) is 6.98. The second-order valence-electron chi connectivity index (χ2n) is 5.01. The Labute approximate surface area is 132 Å². The van der Waals surface area contributed by atoms with Gasteiger partial charge in [-0.25, -0.2) is 9.97 Å². The zero-order chi connectivity index (χ0) is 15.1. The third kappa shape index (κ3) is 1.92. The minimum Gasteiger partial charge on any atom is -0.370 e. The highest BCUT2D eigenvalue weighted by atomic mass is 35.5. The molecular weight excluding hydrogens is 296 g/mol. The van der Waals surface area contributed by atoms with Crippen molar-refractivity contribution >= 4 is 34.1 Å². The SMILES string of the molecule is CNc1nc2ccccc2n2c(-c3cccc(Cl)c3)cnc12. The molecule has 0 unspecified atom stereocenters. The summed E-state index contributed by atoms with van der Waals surface area (Å²) < 4.78 is 2.11. The number of nitrogens with one attached hydrogen (secondary N) is 1. The number of hydrogen-bond acceptors (Lipinski definition) is 3. The fraction of sp³-hybridized carbons (Fsp3) is 0.0588. The van der Waals surface area contributed by atoms with Crippen LogP contribution in [0, 0.1) is 0 Å². The van der Waals surface area contributed by atoms with E-state index < -0.39 is 0 Å². The summed E-state index contributed by atoms with van der Waals surface area (Å²) in [7, 11) is 1.85. The van der Waals surface area contributed by atoms with Gasteiger partial charge in [0.2, 0.25) is 0 Å². The number of fused-ring (bicyclic) bond motifs is 3. The van der Waals surface area contributed by atoms with Crippen LogP contribution in [0.4, 0.5) is 5.82 Å². The number of anilines is 1. The molecule has 0 atom stereocenters. The predicted molar refractivity (Wildman–Crippen MR) is 90.5 cm³/mol. The molecule has 0 amide bonds. The molecule has 0 aliphatic heterocycles. The van der Waals surface area contributed by atoms with E-state index in [0.717, 1.165) is 33.8 Å². The summed E-state index contributed by atoms with van der Waals surface area (Å²) in [6.07, 6.45) is 1.86. The number of aromatic nitrogens is 3. The van der Waals surface area contributed by atoms with E-state index in [4.69, 9.17) is 11.6 Å². The standard InChI is InChI=1S/C17H13ClN4/c1-19-16-17-20-10-15(11-5-4-6-12(18)9-11)22(17)14-8-3-2-7-13(14)21-16/h2-10H,1H3,(H,19,21). The zero-order valence-corrected chi connectivity index (χ0v) is 12.7. The normalized spacial score (nSPS) is 11.2. The Hall–Kier alpha value is -2.59. The Morgan fingerprint density at radius 2 is 1.95 bits per heavy atom. The van der Waals surface area contributed by atoms with Gasteiger partial charge in [-0.3, -0.25) is 4.40 Å². The summed E-state index contributed by atoms with van der Waals surface area (Å²) >= 11 is 6.14. The number of hydrogen-bond donors (Lipinski definition) is 1. The van der Waals surface area contributed by atoms with E-state index >= 15 is 0 Å². The third-order valence-electron chi connectivity index (χ3n) is 3.69. The Morgan fingerprint density at radius 3 is 2.77 bits per heavy atom. The summed E-state index contributed by atoms with van der Waals surface area (Å²) in [6.45, 7) is 0. The minimum atomic E-state index is 0.708. The first-order valence-corrected chi connectivity index (χ1v) is 7.35. The van der Waals surface area contributed by atoms with Crippen molar-refractivity contribution in [1.29, 1.82) is 0 Å². The average molecular weight is 309 g/mol. The molecule has 0 fully saturated rings. The van der Waals surface area contributed by atoms with Crippen LogP contribution in [0.3, 0.4) is 0 Å². The number of halogens is 1. The van der Waals surface area contributed by atoms with Crippen molar-refractivity contribution in [1.82, 2.24) is 14.4 Å². The maximum atomic E-state index is 6.14. The van der Waals surface area contributed by atoms with Gasteiger partial charge in [0, 0.05) is 17.6 Å². The number of nitrogens with zero attached hydrogens (tertiary/aromatic N) is 3. The molecule has 4 nitrogen and oxygen atoms in total. The molecule has 108 valence electrons. The molecule has 0 aliphatic carbocycles. The molecule has 0 saturated heterocycles. The zero-order valence-electron chi connectivity index (χ0n) is 11.9. The van der Waals surface area contributed by atoms with Gasteiger partial charge in [0.25, 0.3) is 0 Å². The Bertz CT molecular complexity index is 990. The molecule has 4 rings (SSSR count). The van der Waals surface area contributed by atoms with Gasteiger partial charge in [0.15, 0.2) is 11.5 Å². The van der Waals surface area contributed by atoms with Crippen molar-refractivity contribution in [3.63, 3.8) is 0 Å². The molecule has 0 radical (unpaired) electrons. The molecule has 0 saturated carbocycles.